The lowest BCUT2D eigenvalue weighted by Crippen LogP contribution is -2.34. The highest BCUT2D eigenvalue weighted by atomic mass is 16.4. The molecule has 0 aliphatic rings. The molecule has 0 fully saturated rings. The molecule has 0 heterocycles. The second kappa shape index (κ2) is 8.92. The van der Waals surface area contributed by atoms with Crippen molar-refractivity contribution in [2.24, 2.45) is 10.9 Å². The van der Waals surface area contributed by atoms with E-state index < -0.39 is 0 Å². The monoisotopic (exact) mass is 278 g/mol. The Hall–Kier alpha value is -2.08. The predicted octanol–water partition coefficient (Wildman–Crippen LogP) is 0.632. The van der Waals surface area contributed by atoms with E-state index in [0.29, 0.717) is 26.1 Å². The maximum atomic E-state index is 11.3. The van der Waals surface area contributed by atoms with Crippen LogP contribution in [0.1, 0.15) is 24.8 Å². The van der Waals surface area contributed by atoms with E-state index in [1.54, 1.807) is 0 Å². The van der Waals surface area contributed by atoms with Crippen LogP contribution in [-0.2, 0) is 4.79 Å². The molecule has 0 saturated heterocycles. The van der Waals surface area contributed by atoms with Crippen LogP contribution in [0.3, 0.4) is 0 Å². The Kier molecular flexibility index (Phi) is 7.13. The van der Waals surface area contributed by atoms with E-state index in [0.717, 1.165) is 5.56 Å². The van der Waals surface area contributed by atoms with Gasteiger partial charge in [0.15, 0.2) is 0 Å². The lowest BCUT2D eigenvalue weighted by Gasteiger charge is -2.16. The van der Waals surface area contributed by atoms with Crippen molar-refractivity contribution in [2.45, 2.75) is 19.3 Å². The van der Waals surface area contributed by atoms with E-state index in [9.17, 15) is 4.79 Å². The van der Waals surface area contributed by atoms with Crippen LogP contribution >= 0.6 is 0 Å². The molecular formula is C14H22N4O2. The minimum Gasteiger partial charge on any atom is -0.409 e. The number of nitrogens with one attached hydrogen (secondary N) is 2. The molecule has 1 aromatic carbocycles. The van der Waals surface area contributed by atoms with Crippen molar-refractivity contribution in [1.82, 2.24) is 10.6 Å². The van der Waals surface area contributed by atoms with Gasteiger partial charge in [-0.1, -0.05) is 35.5 Å². The predicted molar refractivity (Wildman–Crippen MR) is 78.8 cm³/mol. The van der Waals surface area contributed by atoms with Gasteiger partial charge in [0, 0.05) is 26.1 Å². The van der Waals surface area contributed by atoms with Crippen LogP contribution < -0.4 is 16.4 Å². The Morgan fingerprint density at radius 3 is 2.70 bits per heavy atom. The van der Waals surface area contributed by atoms with E-state index in [2.05, 4.69) is 15.8 Å². The number of amides is 1. The maximum Gasteiger partial charge on any atom is 0.221 e. The fourth-order valence-electron chi connectivity index (χ4n) is 1.88. The summed E-state index contributed by atoms with van der Waals surface area (Å²) >= 11 is 0. The summed E-state index contributed by atoms with van der Waals surface area (Å²) in [5.74, 6) is -0.0443. The Morgan fingerprint density at radius 1 is 1.40 bits per heavy atom. The van der Waals surface area contributed by atoms with Crippen LogP contribution in [0.15, 0.2) is 35.5 Å². The zero-order valence-electron chi connectivity index (χ0n) is 11.7. The molecular weight excluding hydrogens is 256 g/mol. The number of nitrogens with zero attached hydrogens (tertiary/aromatic N) is 1. The van der Waals surface area contributed by atoms with Crippen LogP contribution in [0.5, 0.6) is 0 Å². The molecule has 1 atom stereocenters. The number of amidine groups is 1. The first kappa shape index (κ1) is 16.0. The number of hydrogen-bond acceptors (Lipinski definition) is 4. The van der Waals surface area contributed by atoms with E-state index in [1.165, 1.54) is 0 Å². The summed E-state index contributed by atoms with van der Waals surface area (Å²) in [6.45, 7) is 3.58. The molecule has 6 heteroatoms. The van der Waals surface area contributed by atoms with Gasteiger partial charge in [-0.15, -0.1) is 0 Å². The molecule has 1 unspecified atom stereocenters. The Morgan fingerprint density at radius 2 is 2.10 bits per heavy atom. The van der Waals surface area contributed by atoms with Gasteiger partial charge in [-0.05, 0) is 12.5 Å². The van der Waals surface area contributed by atoms with E-state index in [1.807, 2.05) is 37.3 Å². The summed E-state index contributed by atoms with van der Waals surface area (Å²) in [6.07, 6.45) is 0.408. The fourth-order valence-corrected chi connectivity index (χ4v) is 1.88. The van der Waals surface area contributed by atoms with Gasteiger partial charge in [-0.25, -0.2) is 0 Å². The van der Waals surface area contributed by atoms with Crippen LogP contribution in [0.2, 0.25) is 0 Å². The minimum atomic E-state index is -0.213. The second-order valence-electron chi connectivity index (χ2n) is 4.40. The topological polar surface area (TPSA) is 99.7 Å². The molecule has 0 aromatic heterocycles. The lowest BCUT2D eigenvalue weighted by atomic mass is 9.98. The molecule has 110 valence electrons. The smallest absolute Gasteiger partial charge is 0.221 e. The average molecular weight is 278 g/mol. The molecule has 1 amide bonds. The molecule has 1 rings (SSSR count). The van der Waals surface area contributed by atoms with Crippen LogP contribution in [0.4, 0.5) is 0 Å². The zero-order chi connectivity index (χ0) is 14.8. The number of benzene rings is 1. The number of hydrogen-bond donors (Lipinski definition) is 4. The highest BCUT2D eigenvalue weighted by molar-refractivity contribution is 5.87. The van der Waals surface area contributed by atoms with E-state index in [4.69, 9.17) is 10.9 Å². The molecule has 0 spiro atoms. The molecule has 5 N–H and O–H groups in total. The molecule has 20 heavy (non-hydrogen) atoms. The van der Waals surface area contributed by atoms with Crippen molar-refractivity contribution < 1.29 is 10.0 Å². The summed E-state index contributed by atoms with van der Waals surface area (Å²) in [6, 6.07) is 9.57. The van der Waals surface area contributed by atoms with Gasteiger partial charge >= 0.3 is 0 Å². The van der Waals surface area contributed by atoms with Crippen molar-refractivity contribution >= 4 is 11.7 Å². The van der Waals surface area contributed by atoms with Crippen molar-refractivity contribution in [3.05, 3.63) is 35.9 Å². The zero-order valence-corrected chi connectivity index (χ0v) is 11.7. The molecule has 0 aliphatic heterocycles. The van der Waals surface area contributed by atoms with Crippen molar-refractivity contribution in [3.63, 3.8) is 0 Å². The number of oxime groups is 1. The number of rotatable bonds is 8. The Bertz CT molecular complexity index is 434. The molecule has 1 aromatic rings. The minimum absolute atomic E-state index is 0.0139. The molecule has 0 aliphatic carbocycles. The van der Waals surface area contributed by atoms with E-state index >= 15 is 0 Å². The fraction of sp³-hybridized carbons (Fsp3) is 0.429. The molecule has 0 bridgehead atoms. The summed E-state index contributed by atoms with van der Waals surface area (Å²) in [7, 11) is 0. The normalized spacial score (nSPS) is 12.9. The second-order valence-corrected chi connectivity index (χ2v) is 4.40. The third-order valence-electron chi connectivity index (χ3n) is 2.93. The van der Waals surface area contributed by atoms with Gasteiger partial charge in [0.05, 0.1) is 5.92 Å². The number of carbonyl (C=O) groups is 1. The van der Waals surface area contributed by atoms with Crippen molar-refractivity contribution in [2.75, 3.05) is 19.6 Å². The first-order valence-corrected chi connectivity index (χ1v) is 6.68. The summed E-state index contributed by atoms with van der Waals surface area (Å²) < 4.78 is 0. The van der Waals surface area contributed by atoms with Gasteiger partial charge in [0.1, 0.15) is 5.84 Å². The van der Waals surface area contributed by atoms with Crippen molar-refractivity contribution in [1.29, 1.82) is 0 Å². The number of nitrogens with two attached hydrogens (primary N) is 1. The van der Waals surface area contributed by atoms with Crippen LogP contribution in [0.25, 0.3) is 0 Å². The first-order valence-electron chi connectivity index (χ1n) is 6.68. The highest BCUT2D eigenvalue weighted by Gasteiger charge is 2.16. The van der Waals surface area contributed by atoms with E-state index in [-0.39, 0.29) is 17.7 Å². The first-order chi connectivity index (χ1) is 9.69. The third kappa shape index (κ3) is 5.27. The quantitative estimate of drug-likeness (QED) is 0.184. The van der Waals surface area contributed by atoms with Gasteiger partial charge in [-0.2, -0.15) is 0 Å². The summed E-state index contributed by atoms with van der Waals surface area (Å²) in [5, 5.41) is 17.8. The molecule has 0 saturated carbocycles. The summed E-state index contributed by atoms with van der Waals surface area (Å²) in [4.78, 5) is 11.3. The standard InChI is InChI=1S/C14H22N4O2/c1-2-17-13(19)8-9-16-10-12(14(15)18-20)11-6-4-3-5-7-11/h3-7,12,16,20H,2,8-10H2,1H3,(H2,15,18)(H,17,19). The SMILES string of the molecule is CCNC(=O)CCNCC(/C(N)=N/O)c1ccccc1. The summed E-state index contributed by atoms with van der Waals surface area (Å²) in [5.41, 5.74) is 6.69. The largest absolute Gasteiger partial charge is 0.409 e. The maximum absolute atomic E-state index is 11.3. The van der Waals surface area contributed by atoms with Gasteiger partial charge in [-0.3, -0.25) is 4.79 Å². The van der Waals surface area contributed by atoms with Crippen molar-refractivity contribution in [3.8, 4) is 0 Å². The highest BCUT2D eigenvalue weighted by Crippen LogP contribution is 2.14. The van der Waals surface area contributed by atoms with Crippen LogP contribution in [0, 0.1) is 0 Å². The number of carbonyl (C=O) groups excluding carboxylic acids is 1. The van der Waals surface area contributed by atoms with Gasteiger partial charge in [0.2, 0.25) is 5.91 Å². The van der Waals surface area contributed by atoms with Gasteiger partial charge in [0.25, 0.3) is 0 Å². The Labute approximate surface area is 119 Å². The molecule has 6 nitrogen and oxygen atoms in total. The average Bonchev–Trinajstić information content (AvgIpc) is 2.48. The van der Waals surface area contributed by atoms with Gasteiger partial charge < -0.3 is 21.6 Å². The van der Waals surface area contributed by atoms with Crippen LogP contribution in [-0.4, -0.2) is 36.6 Å². The molecule has 0 radical (unpaired) electrons. The lowest BCUT2D eigenvalue weighted by molar-refractivity contribution is -0.120. The Balaban J connectivity index is 2.49. The third-order valence-corrected chi connectivity index (χ3v) is 2.93.